The van der Waals surface area contributed by atoms with Crippen LogP contribution in [0.3, 0.4) is 0 Å². The molecule has 10 heteroatoms. The predicted molar refractivity (Wildman–Crippen MR) is 143 cm³/mol. The van der Waals surface area contributed by atoms with E-state index in [2.05, 4.69) is 21.6 Å². The average Bonchev–Trinajstić information content (AvgIpc) is 2.93. The summed E-state index contributed by atoms with van der Waals surface area (Å²) in [5.74, 6) is -0.765. The molecule has 2 aliphatic heterocycles. The second-order valence-corrected chi connectivity index (χ2v) is 9.72. The minimum atomic E-state index is -1.51. The number of rotatable bonds is 8. The number of carbonyl (C=O) groups excluding carboxylic acids is 1. The van der Waals surface area contributed by atoms with Gasteiger partial charge in [-0.05, 0) is 53.5 Å². The van der Waals surface area contributed by atoms with E-state index in [9.17, 15) is 25.4 Å². The first kappa shape index (κ1) is 28.0. The lowest BCUT2D eigenvalue weighted by molar-refractivity contribution is -0.247. The second kappa shape index (κ2) is 12.7. The van der Waals surface area contributed by atoms with Gasteiger partial charge in [-0.1, -0.05) is 25.1 Å². The van der Waals surface area contributed by atoms with Crippen LogP contribution in [0.4, 0.5) is 5.69 Å². The smallest absolute Gasteiger partial charge is 0.262 e. The van der Waals surface area contributed by atoms with Crippen molar-refractivity contribution in [3.05, 3.63) is 47.5 Å². The number of hydrogen-bond acceptors (Lipinski definition) is 9. The summed E-state index contributed by atoms with van der Waals surface area (Å²) < 4.78 is 10.7. The SMILES string of the molecule is CC[C@H]1OC(O)[C@H](NC(=O)/C(C#N)=C(\C)c2ccc3cc(NCCN4CCOCC4)ccc3c2)[C@@H](O)[C@@H]1O. The Morgan fingerprint density at radius 1 is 1.11 bits per heavy atom. The van der Waals surface area contributed by atoms with Crippen molar-refractivity contribution in [2.45, 2.75) is 50.9 Å². The molecule has 4 rings (SSSR count). The largest absolute Gasteiger partial charge is 0.388 e. The molecule has 2 aliphatic rings. The van der Waals surface area contributed by atoms with E-state index >= 15 is 0 Å². The highest BCUT2D eigenvalue weighted by atomic mass is 16.6. The number of aliphatic hydroxyl groups excluding tert-OH is 3. The lowest BCUT2D eigenvalue weighted by Gasteiger charge is -2.40. The molecule has 204 valence electrons. The van der Waals surface area contributed by atoms with Crippen molar-refractivity contribution >= 4 is 27.9 Å². The summed E-state index contributed by atoms with van der Waals surface area (Å²) in [6, 6.07) is 12.4. The number of allylic oxidation sites excluding steroid dienone is 1. The molecule has 2 aromatic carbocycles. The van der Waals surface area contributed by atoms with Gasteiger partial charge in [0.15, 0.2) is 6.29 Å². The molecule has 0 aliphatic carbocycles. The van der Waals surface area contributed by atoms with E-state index in [0.717, 1.165) is 55.9 Å². The highest BCUT2D eigenvalue weighted by Crippen LogP contribution is 2.27. The fourth-order valence-electron chi connectivity index (χ4n) is 4.88. The minimum Gasteiger partial charge on any atom is -0.388 e. The number of morpholine rings is 1. The quantitative estimate of drug-likeness (QED) is 0.254. The van der Waals surface area contributed by atoms with E-state index in [4.69, 9.17) is 9.47 Å². The van der Waals surface area contributed by atoms with E-state index in [-0.39, 0.29) is 5.57 Å². The van der Waals surface area contributed by atoms with Crippen LogP contribution >= 0.6 is 0 Å². The van der Waals surface area contributed by atoms with Crippen molar-refractivity contribution in [2.75, 3.05) is 44.7 Å². The van der Waals surface area contributed by atoms with Crippen molar-refractivity contribution in [1.29, 1.82) is 5.26 Å². The lowest BCUT2D eigenvalue weighted by Crippen LogP contribution is -2.63. The number of anilines is 1. The van der Waals surface area contributed by atoms with Crippen molar-refractivity contribution in [3.63, 3.8) is 0 Å². The molecular formula is C28H36N4O6. The fourth-order valence-corrected chi connectivity index (χ4v) is 4.88. The molecule has 0 aromatic heterocycles. The van der Waals surface area contributed by atoms with Crippen LogP contribution in [0, 0.1) is 11.3 Å². The Labute approximate surface area is 222 Å². The number of nitriles is 1. The maximum absolute atomic E-state index is 13.0. The van der Waals surface area contributed by atoms with Gasteiger partial charge in [-0.3, -0.25) is 9.69 Å². The van der Waals surface area contributed by atoms with Gasteiger partial charge in [-0.25, -0.2) is 0 Å². The summed E-state index contributed by atoms with van der Waals surface area (Å²) in [6.45, 7) is 8.67. The summed E-state index contributed by atoms with van der Waals surface area (Å²) >= 11 is 0. The maximum Gasteiger partial charge on any atom is 0.262 e. The van der Waals surface area contributed by atoms with Gasteiger partial charge in [0.1, 0.15) is 29.9 Å². The van der Waals surface area contributed by atoms with E-state index in [0.29, 0.717) is 17.6 Å². The van der Waals surface area contributed by atoms with Gasteiger partial charge in [0.2, 0.25) is 0 Å². The average molecular weight is 525 g/mol. The zero-order chi connectivity index (χ0) is 27.2. The Bertz CT molecular complexity index is 1210. The molecule has 5 atom stereocenters. The van der Waals surface area contributed by atoms with Gasteiger partial charge >= 0.3 is 0 Å². The topological polar surface area (TPSA) is 147 Å². The molecule has 2 aromatic rings. The van der Waals surface area contributed by atoms with Gasteiger partial charge in [-0.15, -0.1) is 0 Å². The van der Waals surface area contributed by atoms with Gasteiger partial charge in [0.05, 0.1) is 19.3 Å². The summed E-state index contributed by atoms with van der Waals surface area (Å²) in [6.07, 6.45) is -4.60. The molecule has 1 amide bonds. The van der Waals surface area contributed by atoms with Crippen LogP contribution in [0.5, 0.6) is 0 Å². The highest BCUT2D eigenvalue weighted by molar-refractivity contribution is 6.05. The third-order valence-electron chi connectivity index (χ3n) is 7.27. The maximum atomic E-state index is 13.0. The van der Waals surface area contributed by atoms with Crippen molar-refractivity contribution in [3.8, 4) is 6.07 Å². The lowest BCUT2D eigenvalue weighted by atomic mass is 9.94. The molecule has 5 N–H and O–H groups in total. The second-order valence-electron chi connectivity index (χ2n) is 9.72. The summed E-state index contributed by atoms with van der Waals surface area (Å²) in [5, 5.41) is 48.5. The first-order valence-electron chi connectivity index (χ1n) is 13.0. The summed E-state index contributed by atoms with van der Waals surface area (Å²) in [7, 11) is 0. The van der Waals surface area contributed by atoms with Crippen LogP contribution in [0.1, 0.15) is 25.8 Å². The zero-order valence-corrected chi connectivity index (χ0v) is 21.8. The summed E-state index contributed by atoms with van der Waals surface area (Å²) in [5.41, 5.74) is 2.01. The van der Waals surface area contributed by atoms with Crippen LogP contribution < -0.4 is 10.6 Å². The molecule has 0 bridgehead atoms. The fraction of sp³-hybridized carbons (Fsp3) is 0.500. The Kier molecular flexibility index (Phi) is 9.33. The first-order valence-corrected chi connectivity index (χ1v) is 13.0. The molecule has 2 saturated heterocycles. The summed E-state index contributed by atoms with van der Waals surface area (Å²) in [4.78, 5) is 15.3. The number of hydrogen-bond donors (Lipinski definition) is 5. The molecule has 0 saturated carbocycles. The zero-order valence-electron chi connectivity index (χ0n) is 21.8. The number of carbonyl (C=O) groups is 1. The molecule has 0 spiro atoms. The van der Waals surface area contributed by atoms with E-state index in [1.807, 2.05) is 36.4 Å². The molecular weight excluding hydrogens is 488 g/mol. The standard InChI is InChI=1S/C28H36N4O6/c1-3-23-25(33)26(34)24(28(36)38-23)31-27(35)22(16-29)17(2)18-4-5-20-15-21(7-6-19(20)14-18)30-8-9-32-10-12-37-13-11-32/h4-7,14-15,23-26,28,30,33-34,36H,3,8-13H2,1-2H3,(H,31,35)/b22-17+/t23-,24-,25-,26-,28?/m1/s1. The van der Waals surface area contributed by atoms with E-state index in [1.165, 1.54) is 0 Å². The number of nitrogens with zero attached hydrogens (tertiary/aromatic N) is 2. The number of aliphatic hydroxyl groups is 3. The number of amides is 1. The molecule has 2 heterocycles. The Hall–Kier alpha value is -3.04. The Morgan fingerprint density at radius 2 is 1.82 bits per heavy atom. The molecule has 10 nitrogen and oxygen atoms in total. The van der Waals surface area contributed by atoms with E-state index in [1.54, 1.807) is 13.8 Å². The third-order valence-corrected chi connectivity index (χ3v) is 7.27. The Morgan fingerprint density at radius 3 is 2.53 bits per heavy atom. The minimum absolute atomic E-state index is 0.155. The van der Waals surface area contributed by atoms with Crippen LogP contribution in [-0.4, -0.2) is 96.2 Å². The number of fused-ring (bicyclic) bond motifs is 1. The van der Waals surface area contributed by atoms with Gasteiger partial charge in [-0.2, -0.15) is 5.26 Å². The highest BCUT2D eigenvalue weighted by Gasteiger charge is 2.44. The van der Waals surface area contributed by atoms with Crippen molar-refractivity contribution in [1.82, 2.24) is 10.2 Å². The normalized spacial score (nSPS) is 26.9. The van der Waals surface area contributed by atoms with Gasteiger partial charge < -0.3 is 35.4 Å². The van der Waals surface area contributed by atoms with Crippen molar-refractivity contribution in [2.24, 2.45) is 0 Å². The number of benzene rings is 2. The van der Waals surface area contributed by atoms with Crippen LogP contribution in [0.2, 0.25) is 0 Å². The van der Waals surface area contributed by atoms with E-state index < -0.39 is 36.6 Å². The van der Waals surface area contributed by atoms with Crippen LogP contribution in [-0.2, 0) is 14.3 Å². The van der Waals surface area contributed by atoms with Gasteiger partial charge in [0, 0.05) is 31.9 Å². The van der Waals surface area contributed by atoms with Crippen molar-refractivity contribution < 1.29 is 29.6 Å². The predicted octanol–water partition coefficient (Wildman–Crippen LogP) is 1.21. The molecule has 2 fully saturated rings. The molecule has 1 unspecified atom stereocenters. The van der Waals surface area contributed by atoms with Gasteiger partial charge in [0.25, 0.3) is 5.91 Å². The Balaban J connectivity index is 1.45. The number of ether oxygens (including phenoxy) is 2. The molecule has 0 radical (unpaired) electrons. The molecule has 38 heavy (non-hydrogen) atoms. The van der Waals surface area contributed by atoms with Crippen LogP contribution in [0.25, 0.3) is 16.3 Å². The monoisotopic (exact) mass is 524 g/mol. The van der Waals surface area contributed by atoms with Crippen LogP contribution in [0.15, 0.2) is 42.0 Å². The number of nitrogens with one attached hydrogen (secondary N) is 2. The first-order chi connectivity index (χ1) is 18.3. The third kappa shape index (κ3) is 6.32.